The normalized spacial score (nSPS) is 31.3. The Balaban J connectivity index is 1.52. The number of aromatic amines is 1. The summed E-state index contributed by atoms with van der Waals surface area (Å²) in [4.78, 5) is 12.4. The number of fused-ring (bicyclic) bond motifs is 3. The Labute approximate surface area is 160 Å². The van der Waals surface area contributed by atoms with Gasteiger partial charge < -0.3 is 19.4 Å². The molecule has 27 heavy (non-hydrogen) atoms. The maximum absolute atomic E-state index is 5.77. The Hall–Kier alpha value is -1.86. The van der Waals surface area contributed by atoms with Gasteiger partial charge in [-0.15, -0.1) is 0 Å². The van der Waals surface area contributed by atoms with Gasteiger partial charge in [0.05, 0.1) is 42.6 Å². The molecule has 3 aliphatic heterocycles. The number of pyridine rings is 1. The molecule has 0 radical (unpaired) electrons. The molecule has 0 amide bonds. The van der Waals surface area contributed by atoms with E-state index in [4.69, 9.17) is 9.72 Å². The zero-order valence-corrected chi connectivity index (χ0v) is 16.6. The van der Waals surface area contributed by atoms with Crippen molar-refractivity contribution in [3.8, 4) is 0 Å². The topological polar surface area (TPSA) is 60.5 Å². The molecule has 0 aromatic carbocycles. The number of H-pyrrole nitrogens is 1. The number of nitrogens with one attached hydrogen (secondary N) is 1. The monoisotopic (exact) mass is 370 g/mol. The lowest BCUT2D eigenvalue weighted by atomic mass is 9.96. The van der Waals surface area contributed by atoms with E-state index in [1.165, 1.54) is 31.4 Å². The van der Waals surface area contributed by atoms with Crippen molar-refractivity contribution in [3.05, 3.63) is 12.3 Å². The molecule has 3 fully saturated rings. The lowest BCUT2D eigenvalue weighted by molar-refractivity contribution is 0.0902. The van der Waals surface area contributed by atoms with Crippen molar-refractivity contribution in [2.45, 2.75) is 56.8 Å². The number of nitrogens with zero attached hydrogens (tertiary/aromatic N) is 5. The van der Waals surface area contributed by atoms with Gasteiger partial charge in [0.1, 0.15) is 5.82 Å². The van der Waals surface area contributed by atoms with Gasteiger partial charge in [0, 0.05) is 24.7 Å². The molecule has 4 atom stereocenters. The first-order valence-corrected chi connectivity index (χ1v) is 10.2. The summed E-state index contributed by atoms with van der Waals surface area (Å²) >= 11 is 0. The van der Waals surface area contributed by atoms with Crippen molar-refractivity contribution in [2.24, 2.45) is 0 Å². The van der Waals surface area contributed by atoms with Crippen molar-refractivity contribution in [2.75, 3.05) is 43.7 Å². The van der Waals surface area contributed by atoms with Crippen LogP contribution in [0.2, 0.25) is 0 Å². The molecule has 5 heterocycles. The minimum atomic E-state index is 0.460. The Morgan fingerprint density at radius 3 is 2.67 bits per heavy atom. The first-order valence-electron chi connectivity index (χ1n) is 10.2. The quantitative estimate of drug-likeness (QED) is 0.894. The van der Waals surface area contributed by atoms with Gasteiger partial charge in [-0.3, -0.25) is 5.10 Å². The van der Waals surface area contributed by atoms with E-state index in [0.717, 1.165) is 36.6 Å². The second-order valence-corrected chi connectivity index (χ2v) is 8.65. The van der Waals surface area contributed by atoms with Crippen LogP contribution in [-0.4, -0.2) is 78.1 Å². The Kier molecular flexibility index (Phi) is 4.24. The van der Waals surface area contributed by atoms with E-state index in [0.29, 0.717) is 24.2 Å². The number of piperidine rings is 1. The summed E-state index contributed by atoms with van der Waals surface area (Å²) in [6, 6.07) is 4.39. The summed E-state index contributed by atoms with van der Waals surface area (Å²) in [5.74, 6) is 1.08. The van der Waals surface area contributed by atoms with Crippen LogP contribution in [0.4, 0.5) is 11.5 Å². The summed E-state index contributed by atoms with van der Waals surface area (Å²) in [5.41, 5.74) is 2.18. The third-order valence-electron chi connectivity index (χ3n) is 6.78. The van der Waals surface area contributed by atoms with Crippen LogP contribution in [0.5, 0.6) is 0 Å². The van der Waals surface area contributed by atoms with Crippen LogP contribution in [0.1, 0.15) is 32.6 Å². The average Bonchev–Trinajstić information content (AvgIpc) is 3.22. The maximum Gasteiger partial charge on any atom is 0.159 e. The van der Waals surface area contributed by atoms with E-state index in [2.05, 4.69) is 52.0 Å². The van der Waals surface area contributed by atoms with Gasteiger partial charge in [-0.2, -0.15) is 5.10 Å². The Morgan fingerprint density at radius 1 is 1.19 bits per heavy atom. The summed E-state index contributed by atoms with van der Waals surface area (Å²) in [6.07, 6.45) is 6.71. The van der Waals surface area contributed by atoms with Crippen LogP contribution in [0.3, 0.4) is 0 Å². The van der Waals surface area contributed by atoms with Crippen LogP contribution in [-0.2, 0) is 4.74 Å². The number of anilines is 2. The molecule has 3 saturated heterocycles. The molecule has 2 aromatic rings. The van der Waals surface area contributed by atoms with E-state index < -0.39 is 0 Å². The number of rotatable bonds is 3. The van der Waals surface area contributed by atoms with Crippen LogP contribution < -0.4 is 9.80 Å². The van der Waals surface area contributed by atoms with Gasteiger partial charge >= 0.3 is 0 Å². The molecule has 3 unspecified atom stereocenters. The smallest absolute Gasteiger partial charge is 0.159 e. The molecular weight excluding hydrogens is 340 g/mol. The first-order chi connectivity index (χ1) is 13.1. The fourth-order valence-electron chi connectivity index (χ4n) is 5.25. The molecule has 1 N–H and O–H groups in total. The van der Waals surface area contributed by atoms with Gasteiger partial charge in [0.2, 0.25) is 0 Å². The molecule has 0 aliphatic carbocycles. The Morgan fingerprint density at radius 2 is 1.96 bits per heavy atom. The molecule has 146 valence electrons. The highest BCUT2D eigenvalue weighted by Crippen LogP contribution is 2.38. The fraction of sp³-hybridized carbons (Fsp3) is 0.700. The third-order valence-corrected chi connectivity index (χ3v) is 6.78. The van der Waals surface area contributed by atoms with Crippen LogP contribution in [0, 0.1) is 0 Å². The minimum Gasteiger partial charge on any atom is -0.377 e. The summed E-state index contributed by atoms with van der Waals surface area (Å²) in [6.45, 7) is 5.06. The second kappa shape index (κ2) is 6.63. The minimum absolute atomic E-state index is 0.460. The molecule has 5 rings (SSSR count). The van der Waals surface area contributed by atoms with Gasteiger partial charge in [-0.05, 0) is 46.7 Å². The molecule has 2 aromatic heterocycles. The van der Waals surface area contributed by atoms with Crippen LogP contribution in [0.15, 0.2) is 12.3 Å². The van der Waals surface area contributed by atoms with Gasteiger partial charge in [0.15, 0.2) is 5.65 Å². The van der Waals surface area contributed by atoms with Gasteiger partial charge in [-0.1, -0.05) is 0 Å². The maximum atomic E-state index is 5.77. The number of morpholine rings is 1. The fourth-order valence-corrected chi connectivity index (χ4v) is 5.25. The molecule has 7 heteroatoms. The van der Waals surface area contributed by atoms with Crippen molar-refractivity contribution < 1.29 is 4.74 Å². The van der Waals surface area contributed by atoms with Crippen molar-refractivity contribution in [1.82, 2.24) is 20.1 Å². The molecule has 0 spiro atoms. The van der Waals surface area contributed by atoms with E-state index in [1.54, 1.807) is 0 Å². The summed E-state index contributed by atoms with van der Waals surface area (Å²) in [7, 11) is 4.39. The van der Waals surface area contributed by atoms with E-state index in [9.17, 15) is 0 Å². The zero-order chi connectivity index (χ0) is 18.5. The second-order valence-electron chi connectivity index (χ2n) is 8.65. The summed E-state index contributed by atoms with van der Waals surface area (Å²) in [5, 5.41) is 8.55. The van der Waals surface area contributed by atoms with Gasteiger partial charge in [-0.25, -0.2) is 4.98 Å². The van der Waals surface area contributed by atoms with Crippen molar-refractivity contribution >= 4 is 22.5 Å². The first kappa shape index (κ1) is 17.3. The lowest BCUT2D eigenvalue weighted by Crippen LogP contribution is -2.48. The van der Waals surface area contributed by atoms with Crippen LogP contribution >= 0.6 is 0 Å². The van der Waals surface area contributed by atoms with E-state index in [1.807, 2.05) is 6.20 Å². The van der Waals surface area contributed by atoms with Crippen LogP contribution in [0.25, 0.3) is 11.0 Å². The van der Waals surface area contributed by atoms with E-state index >= 15 is 0 Å². The predicted octanol–water partition coefficient (Wildman–Crippen LogP) is 2.24. The molecule has 3 aliphatic rings. The van der Waals surface area contributed by atoms with Crippen molar-refractivity contribution in [1.29, 1.82) is 0 Å². The predicted molar refractivity (Wildman–Crippen MR) is 108 cm³/mol. The highest BCUT2D eigenvalue weighted by atomic mass is 16.5. The lowest BCUT2D eigenvalue weighted by Gasteiger charge is -2.42. The highest BCUT2D eigenvalue weighted by Gasteiger charge is 2.39. The molecule has 2 bridgehead atoms. The number of ether oxygens (including phenoxy) is 1. The molecule has 7 nitrogen and oxygen atoms in total. The van der Waals surface area contributed by atoms with Crippen molar-refractivity contribution in [3.63, 3.8) is 0 Å². The summed E-state index contributed by atoms with van der Waals surface area (Å²) < 4.78 is 5.77. The SMILES string of the molecule is C[C@@H]1CC(N(C)C)CCN1c1cc(N2C3CCC2COC3)nc2[nH]ncc12. The number of aromatic nitrogens is 3. The molecule has 0 saturated carbocycles. The largest absolute Gasteiger partial charge is 0.377 e. The molecular formula is C20H30N6O. The van der Waals surface area contributed by atoms with E-state index in [-0.39, 0.29) is 0 Å². The zero-order valence-electron chi connectivity index (χ0n) is 16.6. The number of hydrogen-bond donors (Lipinski definition) is 1. The average molecular weight is 371 g/mol. The highest BCUT2D eigenvalue weighted by molar-refractivity contribution is 5.91. The third kappa shape index (κ3) is 2.88. The Bertz CT molecular complexity index is 804. The van der Waals surface area contributed by atoms with Gasteiger partial charge in [0.25, 0.3) is 0 Å². The number of hydrogen-bond acceptors (Lipinski definition) is 6. The standard InChI is InChI=1S/C20H30N6O/c1-13-8-14(24(2)3)6-7-25(13)18-9-19(22-20-17(18)10-21-23-20)26-15-4-5-16(26)12-27-11-15/h9-10,13-16H,4-8,11-12H2,1-3H3,(H,21,22,23)/t13-,14?,15?,16?/m1/s1.